The zero-order valence-electron chi connectivity index (χ0n) is 9.39. The van der Waals surface area contributed by atoms with Crippen LogP contribution in [0.15, 0.2) is 59.0 Å². The molecule has 2 nitrogen and oxygen atoms in total. The Bertz CT molecular complexity index is 695. The van der Waals surface area contributed by atoms with E-state index in [1.165, 1.54) is 0 Å². The first-order chi connectivity index (χ1) is 8.75. The second-order valence-electron chi connectivity index (χ2n) is 3.96. The lowest BCUT2D eigenvalue weighted by Gasteiger charge is -1.99. The highest BCUT2D eigenvalue weighted by atomic mass is 127. The number of para-hydroxylation sites is 1. The molecular formula is C15H9IO2. The number of hydrogen-bond donors (Lipinski definition) is 0. The number of halogens is 1. The van der Waals surface area contributed by atoms with Crippen LogP contribution in [0.1, 0.15) is 16.1 Å². The van der Waals surface area contributed by atoms with Gasteiger partial charge in [-0.15, -0.1) is 0 Å². The van der Waals surface area contributed by atoms with Gasteiger partial charge >= 0.3 is 0 Å². The Morgan fingerprint density at radius 1 is 1.00 bits per heavy atom. The van der Waals surface area contributed by atoms with Gasteiger partial charge in [-0.2, -0.15) is 0 Å². The number of furan rings is 1. The van der Waals surface area contributed by atoms with Crippen LogP contribution in [0.5, 0.6) is 0 Å². The lowest BCUT2D eigenvalue weighted by atomic mass is 10.1. The molecule has 0 aliphatic carbocycles. The van der Waals surface area contributed by atoms with Gasteiger partial charge in [-0.25, -0.2) is 0 Å². The molecule has 0 atom stereocenters. The molecule has 0 radical (unpaired) electrons. The molecule has 0 amide bonds. The molecule has 0 aliphatic rings. The molecule has 3 rings (SSSR count). The smallest absolute Gasteiger partial charge is 0.229 e. The number of ketones is 1. The molecule has 0 saturated heterocycles. The summed E-state index contributed by atoms with van der Waals surface area (Å²) in [5.41, 5.74) is 1.42. The minimum atomic E-state index is -0.0730. The van der Waals surface area contributed by atoms with Crippen molar-refractivity contribution >= 4 is 39.3 Å². The van der Waals surface area contributed by atoms with E-state index in [0.717, 1.165) is 14.5 Å². The van der Waals surface area contributed by atoms with E-state index in [2.05, 4.69) is 22.6 Å². The van der Waals surface area contributed by atoms with Gasteiger partial charge in [0, 0.05) is 14.5 Å². The standard InChI is InChI=1S/C15H9IO2/c16-12-7-3-2-6-11(12)15(17)14-9-10-5-1-4-8-13(10)18-14/h1-9H. The van der Waals surface area contributed by atoms with Gasteiger partial charge in [-0.3, -0.25) is 4.79 Å². The largest absolute Gasteiger partial charge is 0.453 e. The molecule has 0 fully saturated rings. The van der Waals surface area contributed by atoms with Crippen LogP contribution < -0.4 is 0 Å². The molecule has 1 heterocycles. The van der Waals surface area contributed by atoms with Gasteiger partial charge in [0.15, 0.2) is 5.76 Å². The van der Waals surface area contributed by atoms with Crippen molar-refractivity contribution in [1.29, 1.82) is 0 Å². The van der Waals surface area contributed by atoms with E-state index in [4.69, 9.17) is 4.42 Å². The van der Waals surface area contributed by atoms with Gasteiger partial charge in [-0.05, 0) is 46.9 Å². The Morgan fingerprint density at radius 3 is 2.50 bits per heavy atom. The third-order valence-electron chi connectivity index (χ3n) is 2.77. The molecule has 1 aromatic heterocycles. The Hall–Kier alpha value is -1.62. The van der Waals surface area contributed by atoms with E-state index in [9.17, 15) is 4.79 Å². The summed E-state index contributed by atoms with van der Waals surface area (Å²) < 4.78 is 6.52. The monoisotopic (exact) mass is 348 g/mol. The highest BCUT2D eigenvalue weighted by Gasteiger charge is 2.16. The van der Waals surface area contributed by atoms with Crippen LogP contribution in [-0.2, 0) is 0 Å². The van der Waals surface area contributed by atoms with Crippen molar-refractivity contribution in [3.05, 3.63) is 69.5 Å². The summed E-state index contributed by atoms with van der Waals surface area (Å²) in [6.45, 7) is 0. The minimum absolute atomic E-state index is 0.0730. The van der Waals surface area contributed by atoms with Gasteiger partial charge in [0.05, 0.1) is 0 Å². The number of carbonyl (C=O) groups excluding carboxylic acids is 1. The zero-order chi connectivity index (χ0) is 12.5. The van der Waals surface area contributed by atoms with E-state index in [1.54, 1.807) is 6.07 Å². The van der Waals surface area contributed by atoms with E-state index in [1.807, 2.05) is 48.5 Å². The third-order valence-corrected chi connectivity index (χ3v) is 3.71. The molecule has 0 unspecified atom stereocenters. The van der Waals surface area contributed by atoms with E-state index >= 15 is 0 Å². The van der Waals surface area contributed by atoms with Gasteiger partial charge in [0.25, 0.3) is 0 Å². The first kappa shape index (κ1) is 11.5. The molecular weight excluding hydrogens is 339 g/mol. The van der Waals surface area contributed by atoms with Gasteiger partial charge in [-0.1, -0.05) is 30.3 Å². The summed E-state index contributed by atoms with van der Waals surface area (Å²) in [6, 6.07) is 16.9. The fraction of sp³-hybridized carbons (Fsp3) is 0. The second kappa shape index (κ2) is 4.57. The molecule has 18 heavy (non-hydrogen) atoms. The molecule has 0 saturated carbocycles. The van der Waals surface area contributed by atoms with Crippen molar-refractivity contribution in [2.45, 2.75) is 0 Å². The number of hydrogen-bond acceptors (Lipinski definition) is 2. The Kier molecular flexibility index (Phi) is 2.91. The Morgan fingerprint density at radius 2 is 1.72 bits per heavy atom. The SMILES string of the molecule is O=C(c1cc2ccccc2o1)c1ccccc1I. The predicted molar refractivity (Wildman–Crippen MR) is 78.8 cm³/mol. The Labute approximate surface area is 118 Å². The first-order valence-electron chi connectivity index (χ1n) is 5.53. The van der Waals surface area contributed by atoms with Crippen LogP contribution >= 0.6 is 22.6 Å². The highest BCUT2D eigenvalue weighted by Crippen LogP contribution is 2.23. The van der Waals surface area contributed by atoms with Crippen molar-refractivity contribution < 1.29 is 9.21 Å². The van der Waals surface area contributed by atoms with Gasteiger partial charge < -0.3 is 4.42 Å². The van der Waals surface area contributed by atoms with Gasteiger partial charge in [0.1, 0.15) is 5.58 Å². The van der Waals surface area contributed by atoms with E-state index in [0.29, 0.717) is 11.3 Å². The number of carbonyl (C=O) groups is 1. The minimum Gasteiger partial charge on any atom is -0.453 e. The maximum Gasteiger partial charge on any atom is 0.229 e. The molecule has 0 spiro atoms. The molecule has 3 aromatic rings. The fourth-order valence-electron chi connectivity index (χ4n) is 1.87. The van der Waals surface area contributed by atoms with Crippen LogP contribution in [-0.4, -0.2) is 5.78 Å². The molecule has 3 heteroatoms. The maximum atomic E-state index is 12.3. The number of fused-ring (bicyclic) bond motifs is 1. The fourth-order valence-corrected chi connectivity index (χ4v) is 2.50. The quantitative estimate of drug-likeness (QED) is 0.512. The van der Waals surface area contributed by atoms with Crippen molar-refractivity contribution in [1.82, 2.24) is 0 Å². The maximum absolute atomic E-state index is 12.3. The summed E-state index contributed by atoms with van der Waals surface area (Å²) >= 11 is 2.16. The predicted octanol–water partition coefficient (Wildman–Crippen LogP) is 4.27. The van der Waals surface area contributed by atoms with Crippen molar-refractivity contribution in [3.63, 3.8) is 0 Å². The Balaban J connectivity index is 2.10. The number of rotatable bonds is 2. The van der Waals surface area contributed by atoms with Crippen LogP contribution in [0.3, 0.4) is 0 Å². The first-order valence-corrected chi connectivity index (χ1v) is 6.61. The van der Waals surface area contributed by atoms with Gasteiger partial charge in [0.2, 0.25) is 5.78 Å². The summed E-state index contributed by atoms with van der Waals surface area (Å²) in [6.07, 6.45) is 0. The van der Waals surface area contributed by atoms with E-state index < -0.39 is 0 Å². The summed E-state index contributed by atoms with van der Waals surface area (Å²) in [5, 5.41) is 0.951. The van der Waals surface area contributed by atoms with E-state index in [-0.39, 0.29) is 5.78 Å². The van der Waals surface area contributed by atoms with Crippen molar-refractivity contribution in [2.75, 3.05) is 0 Å². The average molecular weight is 348 g/mol. The zero-order valence-corrected chi connectivity index (χ0v) is 11.5. The molecule has 0 bridgehead atoms. The molecule has 88 valence electrons. The summed E-state index contributed by atoms with van der Waals surface area (Å²) in [5.74, 6) is 0.316. The van der Waals surface area contributed by atoms with Crippen molar-refractivity contribution in [3.8, 4) is 0 Å². The molecule has 2 aromatic carbocycles. The van der Waals surface area contributed by atoms with Crippen LogP contribution in [0.2, 0.25) is 0 Å². The lowest BCUT2D eigenvalue weighted by molar-refractivity contribution is 0.101. The average Bonchev–Trinajstić information content (AvgIpc) is 2.82. The third kappa shape index (κ3) is 1.95. The topological polar surface area (TPSA) is 30.2 Å². The van der Waals surface area contributed by atoms with Crippen LogP contribution in [0.4, 0.5) is 0 Å². The normalized spacial score (nSPS) is 10.7. The molecule has 0 N–H and O–H groups in total. The highest BCUT2D eigenvalue weighted by molar-refractivity contribution is 14.1. The van der Waals surface area contributed by atoms with Crippen molar-refractivity contribution in [2.24, 2.45) is 0 Å². The van der Waals surface area contributed by atoms with Crippen LogP contribution in [0.25, 0.3) is 11.0 Å². The number of benzene rings is 2. The second-order valence-corrected chi connectivity index (χ2v) is 5.12. The summed E-state index contributed by atoms with van der Waals surface area (Å²) in [4.78, 5) is 12.3. The summed E-state index contributed by atoms with van der Waals surface area (Å²) in [7, 11) is 0. The lowest BCUT2D eigenvalue weighted by Crippen LogP contribution is -2.01. The van der Waals surface area contributed by atoms with Crippen LogP contribution in [0, 0.1) is 3.57 Å². The molecule has 0 aliphatic heterocycles.